The fraction of sp³-hybridized carbons (Fsp3) is 0.538. The van der Waals surface area contributed by atoms with Gasteiger partial charge in [-0.15, -0.1) is 12.4 Å². The number of nitrogens with two attached hydrogens (primary N) is 1. The van der Waals surface area contributed by atoms with Crippen molar-refractivity contribution in [2.24, 2.45) is 11.7 Å². The zero-order valence-electron chi connectivity index (χ0n) is 9.91. The molecular formula is C13H17ClF3N. The van der Waals surface area contributed by atoms with Gasteiger partial charge in [-0.1, -0.05) is 25.0 Å². The average molecular weight is 280 g/mol. The predicted octanol–water partition coefficient (Wildman–Crippen LogP) is 4.32. The molecule has 1 saturated carbocycles. The summed E-state index contributed by atoms with van der Waals surface area (Å²) in [6.45, 7) is 0. The van der Waals surface area contributed by atoms with Crippen LogP contribution in [0.2, 0.25) is 0 Å². The van der Waals surface area contributed by atoms with Crippen LogP contribution in [0.4, 0.5) is 13.2 Å². The first kappa shape index (κ1) is 15.3. The van der Waals surface area contributed by atoms with Gasteiger partial charge in [0.25, 0.3) is 0 Å². The van der Waals surface area contributed by atoms with Gasteiger partial charge in [-0.3, -0.25) is 0 Å². The molecule has 5 heteroatoms. The molecule has 1 aliphatic carbocycles. The fourth-order valence-electron chi connectivity index (χ4n) is 2.51. The molecule has 0 radical (unpaired) electrons. The minimum atomic E-state index is -4.29. The summed E-state index contributed by atoms with van der Waals surface area (Å²) >= 11 is 0. The predicted molar refractivity (Wildman–Crippen MR) is 67.6 cm³/mol. The Balaban J connectivity index is 0.00000162. The molecule has 2 N–H and O–H groups in total. The Bertz CT molecular complexity index is 386. The molecule has 1 aliphatic rings. The molecule has 1 aromatic carbocycles. The maximum atomic E-state index is 12.6. The summed E-state index contributed by atoms with van der Waals surface area (Å²) in [5.41, 5.74) is 6.04. The molecular weight excluding hydrogens is 263 g/mol. The number of halogens is 4. The Labute approximate surface area is 111 Å². The van der Waals surface area contributed by atoms with Gasteiger partial charge >= 0.3 is 6.18 Å². The van der Waals surface area contributed by atoms with Crippen molar-refractivity contribution < 1.29 is 13.2 Å². The van der Waals surface area contributed by atoms with Crippen LogP contribution in [0.3, 0.4) is 0 Å². The van der Waals surface area contributed by atoms with E-state index in [0.717, 1.165) is 31.7 Å². The molecule has 0 saturated heterocycles. The highest BCUT2D eigenvalue weighted by Crippen LogP contribution is 2.36. The smallest absolute Gasteiger partial charge is 0.324 e. The minimum Gasteiger partial charge on any atom is -0.324 e. The molecule has 18 heavy (non-hydrogen) atoms. The largest absolute Gasteiger partial charge is 0.416 e. The van der Waals surface area contributed by atoms with Crippen molar-refractivity contribution in [1.82, 2.24) is 0 Å². The highest BCUT2D eigenvalue weighted by Gasteiger charge is 2.31. The van der Waals surface area contributed by atoms with Crippen molar-refractivity contribution in [1.29, 1.82) is 0 Å². The van der Waals surface area contributed by atoms with Crippen LogP contribution < -0.4 is 5.73 Å². The summed E-state index contributed by atoms with van der Waals surface area (Å²) < 4.78 is 37.7. The van der Waals surface area contributed by atoms with Gasteiger partial charge in [-0.25, -0.2) is 0 Å². The van der Waals surface area contributed by atoms with E-state index in [1.807, 2.05) is 0 Å². The molecule has 1 aromatic rings. The van der Waals surface area contributed by atoms with Gasteiger partial charge in [-0.05, 0) is 36.5 Å². The second kappa shape index (κ2) is 5.93. The average Bonchev–Trinajstić information content (AvgIpc) is 2.80. The molecule has 1 fully saturated rings. The molecule has 0 spiro atoms. The first-order valence-electron chi connectivity index (χ1n) is 5.91. The third-order valence-electron chi connectivity index (χ3n) is 3.51. The topological polar surface area (TPSA) is 26.0 Å². The van der Waals surface area contributed by atoms with Crippen LogP contribution in [0.25, 0.3) is 0 Å². The van der Waals surface area contributed by atoms with Crippen molar-refractivity contribution in [2.75, 3.05) is 0 Å². The minimum absolute atomic E-state index is 0. The second-order valence-corrected chi connectivity index (χ2v) is 4.69. The van der Waals surface area contributed by atoms with Gasteiger partial charge in [0.15, 0.2) is 0 Å². The van der Waals surface area contributed by atoms with Gasteiger partial charge in [-0.2, -0.15) is 13.2 Å². The number of hydrogen-bond donors (Lipinski definition) is 1. The molecule has 0 bridgehead atoms. The van der Waals surface area contributed by atoms with Crippen LogP contribution in [-0.2, 0) is 6.18 Å². The first-order chi connectivity index (χ1) is 7.98. The van der Waals surface area contributed by atoms with E-state index in [2.05, 4.69) is 0 Å². The van der Waals surface area contributed by atoms with E-state index in [9.17, 15) is 13.2 Å². The summed E-state index contributed by atoms with van der Waals surface area (Å²) in [4.78, 5) is 0. The lowest BCUT2D eigenvalue weighted by Gasteiger charge is -2.20. The quantitative estimate of drug-likeness (QED) is 0.857. The van der Waals surface area contributed by atoms with E-state index >= 15 is 0 Å². The highest BCUT2D eigenvalue weighted by molar-refractivity contribution is 5.85. The maximum Gasteiger partial charge on any atom is 0.416 e. The van der Waals surface area contributed by atoms with Crippen molar-refractivity contribution in [3.63, 3.8) is 0 Å². The summed E-state index contributed by atoms with van der Waals surface area (Å²) in [5.74, 6) is 0.332. The lowest BCUT2D eigenvalue weighted by Crippen LogP contribution is -2.19. The zero-order valence-corrected chi connectivity index (χ0v) is 10.7. The van der Waals surface area contributed by atoms with E-state index in [1.54, 1.807) is 6.07 Å². The van der Waals surface area contributed by atoms with Gasteiger partial charge in [0.1, 0.15) is 0 Å². The SMILES string of the molecule is Cl.NC(c1cccc(C(F)(F)F)c1)C1CCCC1. The molecule has 0 aromatic heterocycles. The summed E-state index contributed by atoms with van der Waals surface area (Å²) in [5, 5.41) is 0. The van der Waals surface area contributed by atoms with Crippen molar-refractivity contribution in [2.45, 2.75) is 37.9 Å². The van der Waals surface area contributed by atoms with Crippen LogP contribution in [0.15, 0.2) is 24.3 Å². The Hall–Kier alpha value is -0.740. The fourth-order valence-corrected chi connectivity index (χ4v) is 2.51. The van der Waals surface area contributed by atoms with E-state index in [0.29, 0.717) is 11.5 Å². The Morgan fingerprint density at radius 3 is 2.33 bits per heavy atom. The molecule has 102 valence electrons. The number of benzene rings is 1. The molecule has 2 rings (SSSR count). The Kier molecular flexibility index (Phi) is 5.05. The monoisotopic (exact) mass is 279 g/mol. The van der Waals surface area contributed by atoms with E-state index in [4.69, 9.17) is 5.73 Å². The summed E-state index contributed by atoms with van der Waals surface area (Å²) in [6, 6.07) is 5.14. The van der Waals surface area contributed by atoms with Crippen molar-refractivity contribution in [3.05, 3.63) is 35.4 Å². The molecule has 0 heterocycles. The number of alkyl halides is 3. The van der Waals surface area contributed by atoms with Crippen LogP contribution in [0.1, 0.15) is 42.9 Å². The van der Waals surface area contributed by atoms with Crippen molar-refractivity contribution in [3.8, 4) is 0 Å². The van der Waals surface area contributed by atoms with Gasteiger partial charge in [0, 0.05) is 6.04 Å². The lowest BCUT2D eigenvalue weighted by atomic mass is 9.91. The third kappa shape index (κ3) is 3.39. The molecule has 0 aliphatic heterocycles. The van der Waals surface area contributed by atoms with Crippen LogP contribution in [0.5, 0.6) is 0 Å². The lowest BCUT2D eigenvalue weighted by molar-refractivity contribution is -0.137. The van der Waals surface area contributed by atoms with E-state index < -0.39 is 11.7 Å². The van der Waals surface area contributed by atoms with Crippen LogP contribution >= 0.6 is 12.4 Å². The highest BCUT2D eigenvalue weighted by atomic mass is 35.5. The summed E-state index contributed by atoms with van der Waals surface area (Å²) in [6.07, 6.45) is 0.0366. The third-order valence-corrected chi connectivity index (χ3v) is 3.51. The molecule has 1 atom stereocenters. The second-order valence-electron chi connectivity index (χ2n) is 4.69. The van der Waals surface area contributed by atoms with E-state index in [1.165, 1.54) is 12.1 Å². The maximum absolute atomic E-state index is 12.6. The van der Waals surface area contributed by atoms with Gasteiger partial charge < -0.3 is 5.73 Å². The molecule has 1 unspecified atom stereocenters. The number of rotatable bonds is 2. The Morgan fingerprint density at radius 1 is 1.17 bits per heavy atom. The van der Waals surface area contributed by atoms with Crippen LogP contribution in [-0.4, -0.2) is 0 Å². The Morgan fingerprint density at radius 2 is 1.78 bits per heavy atom. The molecule has 1 nitrogen and oxygen atoms in total. The molecule has 0 amide bonds. The zero-order chi connectivity index (χ0) is 12.5. The van der Waals surface area contributed by atoms with Crippen molar-refractivity contribution >= 4 is 12.4 Å². The van der Waals surface area contributed by atoms with Crippen LogP contribution in [0, 0.1) is 5.92 Å². The summed E-state index contributed by atoms with van der Waals surface area (Å²) in [7, 11) is 0. The van der Waals surface area contributed by atoms with E-state index in [-0.39, 0.29) is 18.4 Å². The number of hydrogen-bond acceptors (Lipinski definition) is 1. The normalized spacial score (nSPS) is 18.4. The van der Waals surface area contributed by atoms with Gasteiger partial charge in [0.2, 0.25) is 0 Å². The standard InChI is InChI=1S/C13H16F3N.ClH/c14-13(15,16)11-7-3-6-10(8-11)12(17)9-4-1-2-5-9;/h3,6-9,12H,1-2,4-5,17H2;1H. The van der Waals surface area contributed by atoms with Gasteiger partial charge in [0.05, 0.1) is 5.56 Å². The first-order valence-corrected chi connectivity index (χ1v) is 5.91.